The first-order chi connectivity index (χ1) is 13.0. The van der Waals surface area contributed by atoms with Crippen LogP contribution >= 0.6 is 11.5 Å². The number of nitrogens with zero attached hydrogens (tertiary/aromatic N) is 2. The van der Waals surface area contributed by atoms with Crippen molar-refractivity contribution in [2.75, 3.05) is 18.4 Å². The molecule has 6 nitrogen and oxygen atoms in total. The van der Waals surface area contributed by atoms with Gasteiger partial charge in [0.15, 0.2) is 0 Å². The fourth-order valence-electron chi connectivity index (χ4n) is 2.87. The molecule has 0 unspecified atom stereocenters. The molecule has 0 saturated heterocycles. The van der Waals surface area contributed by atoms with Crippen molar-refractivity contribution < 1.29 is 9.59 Å². The second-order valence-electron chi connectivity index (χ2n) is 6.49. The van der Waals surface area contributed by atoms with E-state index in [-0.39, 0.29) is 11.9 Å². The maximum atomic E-state index is 12.9. The first kappa shape index (κ1) is 18.8. The van der Waals surface area contributed by atoms with E-state index in [1.807, 2.05) is 38.1 Å². The summed E-state index contributed by atoms with van der Waals surface area (Å²) in [4.78, 5) is 26.0. The van der Waals surface area contributed by atoms with Crippen molar-refractivity contribution >= 4 is 39.3 Å². The van der Waals surface area contributed by atoms with Crippen LogP contribution in [0.15, 0.2) is 48.5 Å². The van der Waals surface area contributed by atoms with Gasteiger partial charge < -0.3 is 16.0 Å². The lowest BCUT2D eigenvalue weighted by Gasteiger charge is -2.27. The van der Waals surface area contributed by atoms with E-state index in [0.29, 0.717) is 24.2 Å². The zero-order chi connectivity index (χ0) is 19.4. The molecule has 2 amide bonds. The van der Waals surface area contributed by atoms with Gasteiger partial charge in [-0.05, 0) is 55.7 Å². The monoisotopic (exact) mass is 382 g/mol. The third-order valence-electron chi connectivity index (χ3n) is 4.30. The number of fused-ring (bicyclic) bond motifs is 1. The number of nitrogens with one attached hydrogen (secondary N) is 1. The van der Waals surface area contributed by atoms with Gasteiger partial charge in [-0.25, -0.2) is 0 Å². The molecule has 27 heavy (non-hydrogen) atoms. The molecule has 0 bridgehead atoms. The van der Waals surface area contributed by atoms with Crippen molar-refractivity contribution in [3.63, 3.8) is 0 Å². The van der Waals surface area contributed by atoms with Gasteiger partial charge in [-0.2, -0.15) is 4.37 Å². The summed E-state index contributed by atoms with van der Waals surface area (Å²) in [5.41, 5.74) is 6.11. The summed E-state index contributed by atoms with van der Waals surface area (Å²) in [6.07, 6.45) is 0. The van der Waals surface area contributed by atoms with Gasteiger partial charge in [0, 0.05) is 35.6 Å². The first-order valence-corrected chi connectivity index (χ1v) is 9.54. The minimum atomic E-state index is -0.544. The van der Waals surface area contributed by atoms with Crippen LogP contribution in [0.5, 0.6) is 0 Å². The number of hydrogen-bond acceptors (Lipinski definition) is 5. The van der Waals surface area contributed by atoms with E-state index >= 15 is 0 Å². The van der Waals surface area contributed by atoms with Gasteiger partial charge in [0.2, 0.25) is 5.91 Å². The third-order valence-corrected chi connectivity index (χ3v) is 5.13. The van der Waals surface area contributed by atoms with Crippen molar-refractivity contribution in [1.82, 2.24) is 9.27 Å². The van der Waals surface area contributed by atoms with Crippen LogP contribution in [0, 0.1) is 0 Å². The highest BCUT2D eigenvalue weighted by Gasteiger charge is 2.19. The Labute approximate surface area is 162 Å². The molecule has 2 aromatic carbocycles. The molecule has 1 aromatic heterocycles. The lowest BCUT2D eigenvalue weighted by molar-refractivity contribution is 0.0714. The van der Waals surface area contributed by atoms with Crippen molar-refractivity contribution in [1.29, 1.82) is 0 Å². The van der Waals surface area contributed by atoms with Crippen LogP contribution < -0.4 is 11.1 Å². The van der Waals surface area contributed by atoms with Crippen molar-refractivity contribution in [2.45, 2.75) is 19.9 Å². The Morgan fingerprint density at radius 3 is 2.63 bits per heavy atom. The SMILES string of the molecule is CC(C)N(CCNc1nsc2ccccc12)C(=O)c1cccc(C(N)=O)c1. The van der Waals surface area contributed by atoms with E-state index in [4.69, 9.17) is 5.73 Å². The molecule has 7 heteroatoms. The van der Waals surface area contributed by atoms with E-state index in [1.54, 1.807) is 29.2 Å². The Morgan fingerprint density at radius 1 is 1.15 bits per heavy atom. The molecule has 3 aromatic rings. The molecule has 1 heterocycles. The van der Waals surface area contributed by atoms with Crippen LogP contribution in [0.3, 0.4) is 0 Å². The summed E-state index contributed by atoms with van der Waals surface area (Å²) in [6.45, 7) is 5.03. The predicted octanol–water partition coefficient (Wildman–Crippen LogP) is 3.36. The quantitative estimate of drug-likeness (QED) is 0.656. The van der Waals surface area contributed by atoms with E-state index in [0.717, 1.165) is 15.9 Å². The average Bonchev–Trinajstić information content (AvgIpc) is 3.08. The molecular formula is C20H22N4O2S. The van der Waals surface area contributed by atoms with Crippen molar-refractivity contribution in [3.05, 3.63) is 59.7 Å². The molecule has 0 aliphatic heterocycles. The van der Waals surface area contributed by atoms with Crippen LogP contribution in [-0.2, 0) is 0 Å². The lowest BCUT2D eigenvalue weighted by atomic mass is 10.1. The third kappa shape index (κ3) is 4.25. The number of rotatable bonds is 7. The summed E-state index contributed by atoms with van der Waals surface area (Å²) >= 11 is 1.45. The second-order valence-corrected chi connectivity index (χ2v) is 7.30. The Hall–Kier alpha value is -2.93. The molecule has 0 fully saturated rings. The molecule has 0 saturated carbocycles. The van der Waals surface area contributed by atoms with E-state index in [1.165, 1.54) is 11.5 Å². The number of hydrogen-bond donors (Lipinski definition) is 2. The molecule has 0 atom stereocenters. The summed E-state index contributed by atoms with van der Waals surface area (Å²) in [5, 5.41) is 4.40. The molecule has 0 aliphatic carbocycles. The number of anilines is 1. The molecular weight excluding hydrogens is 360 g/mol. The summed E-state index contributed by atoms with van der Waals surface area (Å²) < 4.78 is 5.57. The Morgan fingerprint density at radius 2 is 1.89 bits per heavy atom. The zero-order valence-corrected chi connectivity index (χ0v) is 16.1. The second kappa shape index (κ2) is 8.18. The Balaban J connectivity index is 1.69. The lowest BCUT2D eigenvalue weighted by Crippen LogP contribution is -2.40. The van der Waals surface area contributed by atoms with Crippen LogP contribution in [-0.4, -0.2) is 40.2 Å². The van der Waals surface area contributed by atoms with Crippen molar-refractivity contribution in [3.8, 4) is 0 Å². The zero-order valence-electron chi connectivity index (χ0n) is 15.3. The number of primary amides is 1. The Bertz CT molecular complexity index is 967. The van der Waals surface area contributed by atoms with Gasteiger partial charge in [0.05, 0.1) is 4.70 Å². The van der Waals surface area contributed by atoms with Crippen LogP contribution in [0.2, 0.25) is 0 Å². The predicted molar refractivity (Wildman–Crippen MR) is 109 cm³/mol. The molecule has 3 rings (SSSR count). The minimum Gasteiger partial charge on any atom is -0.367 e. The number of carbonyl (C=O) groups excluding carboxylic acids is 2. The number of amides is 2. The number of aromatic nitrogens is 1. The van der Waals surface area contributed by atoms with Gasteiger partial charge in [0.1, 0.15) is 5.82 Å². The number of carbonyl (C=O) groups is 2. The molecule has 3 N–H and O–H groups in total. The van der Waals surface area contributed by atoms with Crippen LogP contribution in [0.1, 0.15) is 34.6 Å². The van der Waals surface area contributed by atoms with E-state index < -0.39 is 5.91 Å². The highest BCUT2D eigenvalue weighted by Crippen LogP contribution is 2.25. The highest BCUT2D eigenvalue weighted by atomic mass is 32.1. The van der Waals surface area contributed by atoms with Crippen LogP contribution in [0.4, 0.5) is 5.82 Å². The van der Waals surface area contributed by atoms with Crippen molar-refractivity contribution in [2.24, 2.45) is 5.73 Å². The van der Waals surface area contributed by atoms with Gasteiger partial charge in [-0.1, -0.05) is 18.2 Å². The molecule has 0 spiro atoms. The fourth-order valence-corrected chi connectivity index (χ4v) is 3.63. The first-order valence-electron chi connectivity index (χ1n) is 8.76. The minimum absolute atomic E-state index is 0.0173. The molecule has 0 radical (unpaired) electrons. The summed E-state index contributed by atoms with van der Waals surface area (Å²) in [7, 11) is 0. The van der Waals surface area contributed by atoms with Gasteiger partial charge in [-0.3, -0.25) is 9.59 Å². The average molecular weight is 382 g/mol. The van der Waals surface area contributed by atoms with E-state index in [2.05, 4.69) is 9.69 Å². The smallest absolute Gasteiger partial charge is 0.254 e. The standard InChI is InChI=1S/C20H22N4O2S/c1-13(2)24(20(26)15-7-5-6-14(12-15)18(21)25)11-10-22-19-16-8-3-4-9-17(16)27-23-19/h3-9,12-13H,10-11H2,1-2H3,(H2,21,25)(H,22,23). The summed E-state index contributed by atoms with van der Waals surface area (Å²) in [5.74, 6) is 0.165. The fraction of sp³-hybridized carbons (Fsp3) is 0.250. The van der Waals surface area contributed by atoms with Gasteiger partial charge >= 0.3 is 0 Å². The van der Waals surface area contributed by atoms with Gasteiger partial charge in [-0.15, -0.1) is 0 Å². The number of benzene rings is 2. The topological polar surface area (TPSA) is 88.3 Å². The Kier molecular flexibility index (Phi) is 5.71. The van der Waals surface area contributed by atoms with Crippen LogP contribution in [0.25, 0.3) is 10.1 Å². The maximum Gasteiger partial charge on any atom is 0.254 e. The molecule has 140 valence electrons. The number of nitrogens with two attached hydrogens (primary N) is 1. The summed E-state index contributed by atoms with van der Waals surface area (Å²) in [6, 6.07) is 14.6. The van der Waals surface area contributed by atoms with Gasteiger partial charge in [0.25, 0.3) is 5.91 Å². The maximum absolute atomic E-state index is 12.9. The highest BCUT2D eigenvalue weighted by molar-refractivity contribution is 7.13. The normalized spacial score (nSPS) is 10.9. The largest absolute Gasteiger partial charge is 0.367 e. The molecule has 0 aliphatic rings. The van der Waals surface area contributed by atoms with E-state index in [9.17, 15) is 9.59 Å².